The third-order valence-electron chi connectivity index (χ3n) is 5.41. The number of hydrogen-bond donors (Lipinski definition) is 1. The van der Waals surface area contributed by atoms with E-state index in [1.165, 1.54) is 41.4 Å². The lowest BCUT2D eigenvalue weighted by molar-refractivity contribution is 0.306. The van der Waals surface area contributed by atoms with Crippen molar-refractivity contribution in [1.29, 1.82) is 0 Å². The van der Waals surface area contributed by atoms with E-state index in [1.54, 1.807) is 5.56 Å². The van der Waals surface area contributed by atoms with E-state index >= 15 is 0 Å². The molecule has 0 amide bonds. The lowest BCUT2D eigenvalue weighted by Gasteiger charge is -2.31. The van der Waals surface area contributed by atoms with Crippen LogP contribution in [0.2, 0.25) is 0 Å². The molecule has 1 unspecified atom stereocenters. The molecule has 0 bridgehead atoms. The van der Waals surface area contributed by atoms with Crippen LogP contribution in [0.25, 0.3) is 10.9 Å². The summed E-state index contributed by atoms with van der Waals surface area (Å²) in [6.07, 6.45) is 3.73. The quantitative estimate of drug-likeness (QED) is 0.742. The highest BCUT2D eigenvalue weighted by molar-refractivity contribution is 5.87. The number of hydrogen-bond acceptors (Lipinski definition) is 2. The fourth-order valence-electron chi connectivity index (χ4n) is 4.32. The molecule has 1 N–H and O–H groups in total. The van der Waals surface area contributed by atoms with Gasteiger partial charge in [-0.3, -0.25) is 0 Å². The summed E-state index contributed by atoms with van der Waals surface area (Å²) in [5, 5.41) is 5.08. The molecule has 3 aromatic rings. The molecule has 2 aliphatic rings. The van der Waals surface area contributed by atoms with Gasteiger partial charge >= 0.3 is 0 Å². The third kappa shape index (κ3) is 2.82. The molecule has 0 fully saturated rings. The minimum atomic E-state index is 0. The van der Waals surface area contributed by atoms with Crippen molar-refractivity contribution in [1.82, 2.24) is 9.88 Å². The first-order valence-corrected chi connectivity index (χ1v) is 8.95. The van der Waals surface area contributed by atoms with Crippen molar-refractivity contribution in [2.24, 2.45) is 0 Å². The molecular weight excluding hydrogens is 332 g/mol. The van der Waals surface area contributed by atoms with Crippen molar-refractivity contribution < 1.29 is 4.74 Å². The molecule has 130 valence electrons. The summed E-state index contributed by atoms with van der Waals surface area (Å²) in [7, 11) is 0. The summed E-state index contributed by atoms with van der Waals surface area (Å²) in [5.41, 5.74) is 5.65. The zero-order valence-corrected chi connectivity index (χ0v) is 15.0. The van der Waals surface area contributed by atoms with Crippen molar-refractivity contribution in [3.8, 4) is 5.75 Å². The molecule has 0 saturated heterocycles. The molecule has 1 atom stereocenters. The highest BCUT2D eigenvalue weighted by Gasteiger charge is 2.29. The smallest absolute Gasteiger partial charge is 0.120 e. The van der Waals surface area contributed by atoms with E-state index in [0.717, 1.165) is 18.8 Å². The lowest BCUT2D eigenvalue weighted by atomic mass is 9.91. The van der Waals surface area contributed by atoms with Crippen molar-refractivity contribution in [2.75, 3.05) is 6.54 Å². The summed E-state index contributed by atoms with van der Waals surface area (Å²) in [6, 6.07) is 17.5. The first kappa shape index (κ1) is 16.5. The van der Waals surface area contributed by atoms with Gasteiger partial charge in [0.1, 0.15) is 12.4 Å². The Kier molecular flexibility index (Phi) is 4.45. The average molecular weight is 355 g/mol. The Labute approximate surface area is 154 Å². The van der Waals surface area contributed by atoms with Gasteiger partial charge in [0, 0.05) is 35.7 Å². The highest BCUT2D eigenvalue weighted by atomic mass is 35.5. The predicted octanol–water partition coefficient (Wildman–Crippen LogP) is 4.62. The van der Waals surface area contributed by atoms with Crippen LogP contribution < -0.4 is 10.1 Å². The Morgan fingerprint density at radius 3 is 2.88 bits per heavy atom. The number of benzene rings is 2. The SMILES string of the molecule is Cl.c1ccc(COc2ccc3c(c2)c2c4n3CCNC4CCC2)cc1. The summed E-state index contributed by atoms with van der Waals surface area (Å²) in [6.45, 7) is 2.78. The zero-order chi connectivity index (χ0) is 15.9. The zero-order valence-electron chi connectivity index (χ0n) is 14.2. The maximum absolute atomic E-state index is 6.05. The minimum Gasteiger partial charge on any atom is -0.489 e. The van der Waals surface area contributed by atoms with Gasteiger partial charge in [0.05, 0.1) is 0 Å². The molecule has 4 heteroatoms. The maximum atomic E-state index is 6.05. The molecule has 2 heterocycles. The Morgan fingerprint density at radius 1 is 1.12 bits per heavy atom. The van der Waals surface area contributed by atoms with Crippen LogP contribution in [0.3, 0.4) is 0 Å². The standard InChI is InChI=1S/C21H22N2O.ClH/c1-2-5-15(6-3-1)14-24-16-9-10-20-18(13-16)17-7-4-8-19-21(17)23(20)12-11-22-19;/h1-3,5-6,9-10,13,19,22H,4,7-8,11-12,14H2;1H. The number of ether oxygens (including phenoxy) is 1. The highest BCUT2D eigenvalue weighted by Crippen LogP contribution is 2.40. The van der Waals surface area contributed by atoms with Gasteiger partial charge in [-0.15, -0.1) is 12.4 Å². The van der Waals surface area contributed by atoms with Crippen molar-refractivity contribution in [3.05, 3.63) is 65.4 Å². The molecular formula is C21H23ClN2O. The molecule has 25 heavy (non-hydrogen) atoms. The molecule has 0 radical (unpaired) electrons. The van der Waals surface area contributed by atoms with Crippen molar-refractivity contribution in [3.63, 3.8) is 0 Å². The number of rotatable bonds is 3. The molecule has 5 rings (SSSR count). The van der Waals surface area contributed by atoms with Crippen LogP contribution in [0.1, 0.15) is 35.7 Å². The van der Waals surface area contributed by atoms with Crippen LogP contribution in [0.15, 0.2) is 48.5 Å². The lowest BCUT2D eigenvalue weighted by Crippen LogP contribution is -2.35. The number of halogens is 1. The molecule has 2 aromatic carbocycles. The summed E-state index contributed by atoms with van der Waals surface area (Å²) >= 11 is 0. The van der Waals surface area contributed by atoms with Gasteiger partial charge in [-0.25, -0.2) is 0 Å². The van der Waals surface area contributed by atoms with Crippen LogP contribution in [0, 0.1) is 0 Å². The van der Waals surface area contributed by atoms with Crippen molar-refractivity contribution in [2.45, 2.75) is 38.5 Å². The molecule has 0 spiro atoms. The maximum Gasteiger partial charge on any atom is 0.120 e. The van der Waals surface area contributed by atoms with Gasteiger partial charge in [0.25, 0.3) is 0 Å². The second-order valence-electron chi connectivity index (χ2n) is 6.87. The molecule has 1 aliphatic carbocycles. The monoisotopic (exact) mass is 354 g/mol. The van der Waals surface area contributed by atoms with Gasteiger partial charge in [0.15, 0.2) is 0 Å². The topological polar surface area (TPSA) is 26.2 Å². The second-order valence-corrected chi connectivity index (χ2v) is 6.87. The van der Waals surface area contributed by atoms with E-state index in [9.17, 15) is 0 Å². The number of aryl methyl sites for hydroxylation is 1. The Balaban J connectivity index is 0.00000157. The third-order valence-corrected chi connectivity index (χ3v) is 5.41. The van der Waals surface area contributed by atoms with Crippen LogP contribution in [-0.4, -0.2) is 11.1 Å². The fourth-order valence-corrected chi connectivity index (χ4v) is 4.32. The van der Waals surface area contributed by atoms with E-state index in [1.807, 2.05) is 6.07 Å². The molecule has 1 aromatic heterocycles. The van der Waals surface area contributed by atoms with Gasteiger partial charge < -0.3 is 14.6 Å². The number of nitrogens with zero attached hydrogens (tertiary/aromatic N) is 1. The van der Waals surface area contributed by atoms with Crippen LogP contribution >= 0.6 is 12.4 Å². The summed E-state index contributed by atoms with van der Waals surface area (Å²) in [4.78, 5) is 0. The normalized spacial score (nSPS) is 18.5. The predicted molar refractivity (Wildman–Crippen MR) is 104 cm³/mol. The Bertz CT molecular complexity index is 886. The minimum absolute atomic E-state index is 0. The van der Waals surface area contributed by atoms with E-state index in [-0.39, 0.29) is 12.4 Å². The second kappa shape index (κ2) is 6.74. The number of aromatic nitrogens is 1. The van der Waals surface area contributed by atoms with Gasteiger partial charge in [-0.05, 0) is 48.6 Å². The van der Waals surface area contributed by atoms with Crippen LogP contribution in [0.5, 0.6) is 5.75 Å². The van der Waals surface area contributed by atoms with Crippen LogP contribution in [-0.2, 0) is 19.6 Å². The number of fused-ring (bicyclic) bond motifs is 3. The van der Waals surface area contributed by atoms with Gasteiger partial charge in [-0.1, -0.05) is 30.3 Å². The molecule has 0 saturated carbocycles. The first-order valence-electron chi connectivity index (χ1n) is 8.95. The Hall–Kier alpha value is -1.97. The summed E-state index contributed by atoms with van der Waals surface area (Å²) in [5.74, 6) is 0.973. The van der Waals surface area contributed by atoms with E-state index < -0.39 is 0 Å². The van der Waals surface area contributed by atoms with E-state index in [2.05, 4.69) is 52.3 Å². The van der Waals surface area contributed by atoms with Crippen LogP contribution in [0.4, 0.5) is 0 Å². The average Bonchev–Trinajstić information content (AvgIpc) is 2.97. The molecule has 3 nitrogen and oxygen atoms in total. The largest absolute Gasteiger partial charge is 0.489 e. The fraction of sp³-hybridized carbons (Fsp3) is 0.333. The number of nitrogens with one attached hydrogen (secondary N) is 1. The van der Waals surface area contributed by atoms with E-state index in [0.29, 0.717) is 12.6 Å². The molecule has 1 aliphatic heterocycles. The van der Waals surface area contributed by atoms with E-state index in [4.69, 9.17) is 4.74 Å². The first-order chi connectivity index (χ1) is 11.9. The van der Waals surface area contributed by atoms with Gasteiger partial charge in [-0.2, -0.15) is 0 Å². The Morgan fingerprint density at radius 2 is 2.00 bits per heavy atom. The van der Waals surface area contributed by atoms with Gasteiger partial charge in [0.2, 0.25) is 0 Å². The van der Waals surface area contributed by atoms with Crippen molar-refractivity contribution >= 4 is 23.3 Å². The summed E-state index contributed by atoms with van der Waals surface area (Å²) < 4.78 is 8.59.